The second-order valence-corrected chi connectivity index (χ2v) is 11.6. The molecule has 6 rings (SSSR count). The molecule has 1 saturated heterocycles. The molecule has 0 unspecified atom stereocenters. The number of rotatable bonds is 7. The minimum atomic E-state index is -0.310. The normalized spacial score (nSPS) is 15.4. The van der Waals surface area contributed by atoms with Crippen molar-refractivity contribution >= 4 is 51.9 Å². The lowest BCUT2D eigenvalue weighted by Gasteiger charge is -2.20. The number of halogens is 1. The summed E-state index contributed by atoms with van der Waals surface area (Å²) in [6, 6.07) is 9.99. The molecule has 0 spiro atoms. The molecule has 0 saturated carbocycles. The minimum absolute atomic E-state index is 0.310. The number of nitrogens with zero attached hydrogens (tertiary/aromatic N) is 3. The van der Waals surface area contributed by atoms with Gasteiger partial charge in [0.25, 0.3) is 0 Å². The summed E-state index contributed by atoms with van der Waals surface area (Å²) in [4.78, 5) is 16.1. The third-order valence-corrected chi connectivity index (χ3v) is 8.82. The van der Waals surface area contributed by atoms with Gasteiger partial charge < -0.3 is 15.4 Å². The molecular formula is C27H24FN5OS3. The molecule has 0 amide bonds. The van der Waals surface area contributed by atoms with Crippen molar-refractivity contribution in [1.29, 1.82) is 0 Å². The molecule has 1 fully saturated rings. The lowest BCUT2D eigenvalue weighted by molar-refractivity contribution is 0.455. The summed E-state index contributed by atoms with van der Waals surface area (Å²) in [5.41, 5.74) is 3.35. The van der Waals surface area contributed by atoms with Crippen LogP contribution < -0.4 is 15.4 Å². The molecular weight excluding hydrogens is 526 g/mol. The van der Waals surface area contributed by atoms with Crippen LogP contribution in [0.15, 0.2) is 69.4 Å². The van der Waals surface area contributed by atoms with E-state index in [2.05, 4.69) is 26.4 Å². The number of pyridine rings is 2. The molecule has 2 aliphatic heterocycles. The fraction of sp³-hybridized carbons (Fsp3) is 0.222. The summed E-state index contributed by atoms with van der Waals surface area (Å²) in [6.07, 6.45) is 7.92. The van der Waals surface area contributed by atoms with Crippen LogP contribution in [-0.2, 0) is 5.75 Å². The maximum absolute atomic E-state index is 13.5. The van der Waals surface area contributed by atoms with Gasteiger partial charge in [-0.05, 0) is 67.7 Å². The van der Waals surface area contributed by atoms with Crippen LogP contribution >= 0.6 is 34.9 Å². The standard InChI is InChI=1S/C27H24FN5OS3/c28-18-1-3-19(4-2-18)34-24-13-20(37-25-7-11-30-22-8-12-35-15-21(22)25)14-31-26(24)33-27-32-23(16-36-27)17-5-9-29-10-6-17/h1-4,7-8,11-14,16-17,29H,5-6,9-10,15H2,(H,31,32,33). The van der Waals surface area contributed by atoms with Crippen molar-refractivity contribution in [3.05, 3.63) is 82.3 Å². The maximum Gasteiger partial charge on any atom is 0.188 e. The van der Waals surface area contributed by atoms with E-state index in [-0.39, 0.29) is 5.82 Å². The predicted molar refractivity (Wildman–Crippen MR) is 150 cm³/mol. The van der Waals surface area contributed by atoms with Crippen molar-refractivity contribution in [3.8, 4) is 11.5 Å². The summed E-state index contributed by atoms with van der Waals surface area (Å²) in [6.45, 7) is 2.05. The molecule has 0 radical (unpaired) electrons. The Bertz CT molecular complexity index is 1420. The van der Waals surface area contributed by atoms with Crippen LogP contribution in [0.3, 0.4) is 0 Å². The number of thioether (sulfide) groups is 1. The van der Waals surface area contributed by atoms with E-state index in [9.17, 15) is 4.39 Å². The first-order valence-corrected chi connectivity index (χ1v) is 14.8. The molecule has 0 atom stereocenters. The van der Waals surface area contributed by atoms with Gasteiger partial charge in [0.05, 0.1) is 11.4 Å². The molecule has 4 aromatic rings. The zero-order valence-corrected chi connectivity index (χ0v) is 22.3. The highest BCUT2D eigenvalue weighted by Crippen LogP contribution is 2.40. The second-order valence-electron chi connectivity index (χ2n) is 8.69. The van der Waals surface area contributed by atoms with Crippen LogP contribution in [0.25, 0.3) is 6.08 Å². The van der Waals surface area contributed by atoms with Gasteiger partial charge in [0.1, 0.15) is 11.6 Å². The van der Waals surface area contributed by atoms with E-state index >= 15 is 0 Å². The van der Waals surface area contributed by atoms with Crippen LogP contribution in [-0.4, -0.2) is 28.0 Å². The number of anilines is 2. The third kappa shape index (κ3) is 5.82. The number of nitrogens with one attached hydrogen (secondary N) is 2. The number of piperidine rings is 1. The van der Waals surface area contributed by atoms with Crippen LogP contribution in [0.1, 0.15) is 35.7 Å². The Labute approximate surface area is 227 Å². The second kappa shape index (κ2) is 11.2. The van der Waals surface area contributed by atoms with E-state index < -0.39 is 0 Å². The number of thiazole rings is 1. The highest BCUT2D eigenvalue weighted by atomic mass is 32.2. The molecule has 5 heterocycles. The molecule has 0 aliphatic carbocycles. The largest absolute Gasteiger partial charge is 0.453 e. The highest BCUT2D eigenvalue weighted by molar-refractivity contribution is 8.01. The fourth-order valence-corrected chi connectivity index (χ4v) is 6.91. The Morgan fingerprint density at radius 1 is 1.11 bits per heavy atom. The van der Waals surface area contributed by atoms with Gasteiger partial charge in [0.2, 0.25) is 0 Å². The van der Waals surface area contributed by atoms with Gasteiger partial charge in [-0.25, -0.2) is 14.4 Å². The Hall–Kier alpha value is -2.92. The van der Waals surface area contributed by atoms with E-state index in [0.717, 1.165) is 58.0 Å². The average molecular weight is 550 g/mol. The van der Waals surface area contributed by atoms with Crippen molar-refractivity contribution < 1.29 is 9.13 Å². The van der Waals surface area contributed by atoms with Gasteiger partial charge in [-0.2, -0.15) is 0 Å². The predicted octanol–water partition coefficient (Wildman–Crippen LogP) is 7.44. The third-order valence-electron chi connectivity index (χ3n) is 6.20. The van der Waals surface area contributed by atoms with Crippen molar-refractivity contribution in [3.63, 3.8) is 0 Å². The van der Waals surface area contributed by atoms with Gasteiger partial charge in [0, 0.05) is 50.9 Å². The Morgan fingerprint density at radius 2 is 1.97 bits per heavy atom. The SMILES string of the molecule is Fc1ccc(Oc2cc(Sc3ccnc4c3CSC=C4)cnc2Nc2nc(C3CCNCC3)cs2)cc1. The number of hydrogen-bond acceptors (Lipinski definition) is 9. The Morgan fingerprint density at radius 3 is 2.84 bits per heavy atom. The van der Waals surface area contributed by atoms with Crippen LogP contribution in [0.5, 0.6) is 11.5 Å². The average Bonchev–Trinajstić information content (AvgIpc) is 3.41. The van der Waals surface area contributed by atoms with E-state index in [4.69, 9.17) is 14.7 Å². The number of hydrogen-bond donors (Lipinski definition) is 2. The first-order chi connectivity index (χ1) is 18.2. The molecule has 2 N–H and O–H groups in total. The van der Waals surface area contributed by atoms with Crippen molar-refractivity contribution in [2.24, 2.45) is 0 Å². The summed E-state index contributed by atoms with van der Waals surface area (Å²) in [5, 5.41) is 11.7. The molecule has 3 aromatic heterocycles. The number of ether oxygens (including phenoxy) is 1. The highest BCUT2D eigenvalue weighted by Gasteiger charge is 2.19. The van der Waals surface area contributed by atoms with Gasteiger partial charge in [0.15, 0.2) is 16.7 Å². The van der Waals surface area contributed by atoms with Gasteiger partial charge in [-0.1, -0.05) is 11.8 Å². The Balaban J connectivity index is 1.28. The monoisotopic (exact) mass is 549 g/mol. The fourth-order valence-electron chi connectivity index (χ4n) is 4.28. The summed E-state index contributed by atoms with van der Waals surface area (Å²) in [5.74, 6) is 2.70. The summed E-state index contributed by atoms with van der Waals surface area (Å²) in [7, 11) is 0. The lowest BCUT2D eigenvalue weighted by atomic mass is 9.96. The van der Waals surface area contributed by atoms with E-state index in [1.54, 1.807) is 47.0 Å². The molecule has 188 valence electrons. The zero-order valence-electron chi connectivity index (χ0n) is 19.8. The lowest BCUT2D eigenvalue weighted by Crippen LogP contribution is -2.26. The first-order valence-electron chi connectivity index (χ1n) is 12.0. The van der Waals surface area contributed by atoms with Crippen molar-refractivity contribution in [2.45, 2.75) is 34.3 Å². The zero-order chi connectivity index (χ0) is 25.0. The number of benzene rings is 1. The smallest absolute Gasteiger partial charge is 0.188 e. The van der Waals surface area contributed by atoms with Gasteiger partial charge >= 0.3 is 0 Å². The van der Waals surface area contributed by atoms with Gasteiger partial charge in [-0.15, -0.1) is 23.1 Å². The molecule has 1 aromatic carbocycles. The quantitative estimate of drug-likeness (QED) is 0.246. The molecule has 6 nitrogen and oxygen atoms in total. The van der Waals surface area contributed by atoms with E-state index in [1.807, 2.05) is 30.6 Å². The molecule has 0 bridgehead atoms. The Kier molecular flexibility index (Phi) is 7.41. The minimum Gasteiger partial charge on any atom is -0.453 e. The maximum atomic E-state index is 13.5. The molecule has 37 heavy (non-hydrogen) atoms. The van der Waals surface area contributed by atoms with Gasteiger partial charge in [-0.3, -0.25) is 4.98 Å². The molecule has 2 aliphatic rings. The van der Waals surface area contributed by atoms with E-state index in [1.165, 1.54) is 17.7 Å². The summed E-state index contributed by atoms with van der Waals surface area (Å²) < 4.78 is 19.7. The van der Waals surface area contributed by atoms with Crippen LogP contribution in [0, 0.1) is 5.82 Å². The van der Waals surface area contributed by atoms with E-state index in [0.29, 0.717) is 23.2 Å². The topological polar surface area (TPSA) is 72.0 Å². The number of fused-ring (bicyclic) bond motifs is 1. The molecule has 10 heteroatoms. The number of aromatic nitrogens is 3. The first kappa shape index (κ1) is 24.4. The van der Waals surface area contributed by atoms with Crippen molar-refractivity contribution in [1.82, 2.24) is 20.3 Å². The van der Waals surface area contributed by atoms with Crippen LogP contribution in [0.4, 0.5) is 15.3 Å². The van der Waals surface area contributed by atoms with Crippen LogP contribution in [0.2, 0.25) is 0 Å². The summed E-state index contributed by atoms with van der Waals surface area (Å²) >= 11 is 4.96. The van der Waals surface area contributed by atoms with Crippen molar-refractivity contribution in [2.75, 3.05) is 18.4 Å².